The third-order valence-electron chi connectivity index (χ3n) is 2.57. The van der Waals surface area contributed by atoms with Crippen LogP contribution in [0.5, 0.6) is 5.75 Å². The molecule has 0 radical (unpaired) electrons. The van der Waals surface area contributed by atoms with Gasteiger partial charge in [0.15, 0.2) is 0 Å². The van der Waals surface area contributed by atoms with Gasteiger partial charge in [0.05, 0.1) is 12.3 Å². The largest absolute Gasteiger partial charge is 0.494 e. The second-order valence-electron chi connectivity index (χ2n) is 4.10. The predicted octanol–water partition coefficient (Wildman–Crippen LogP) is 4.14. The number of hydrogen-bond donors (Lipinski definition) is 0. The summed E-state index contributed by atoms with van der Waals surface area (Å²) in [5.74, 6) is 0.880. The first-order valence-electron chi connectivity index (χ1n) is 6.11. The average molecular weight is 239 g/mol. The van der Waals surface area contributed by atoms with E-state index in [0.717, 1.165) is 17.0 Å². The van der Waals surface area contributed by atoms with Crippen molar-refractivity contribution < 1.29 is 4.74 Å². The second-order valence-corrected chi connectivity index (χ2v) is 4.10. The molecule has 0 saturated heterocycles. The van der Waals surface area contributed by atoms with Crippen LogP contribution in [-0.4, -0.2) is 12.8 Å². The lowest BCUT2D eigenvalue weighted by molar-refractivity contribution is 0.340. The topological polar surface area (TPSA) is 21.6 Å². The van der Waals surface area contributed by atoms with Crippen LogP contribution < -0.4 is 4.74 Å². The molecule has 0 aromatic heterocycles. The van der Waals surface area contributed by atoms with E-state index >= 15 is 0 Å². The Morgan fingerprint density at radius 3 is 2.61 bits per heavy atom. The van der Waals surface area contributed by atoms with E-state index in [4.69, 9.17) is 4.74 Å². The SMILES string of the molecule is CCOc1cccc(C=Nc2ccc(C)cc2)c1. The minimum absolute atomic E-state index is 0.679. The van der Waals surface area contributed by atoms with E-state index in [2.05, 4.69) is 24.0 Å². The van der Waals surface area contributed by atoms with E-state index in [1.54, 1.807) is 0 Å². The van der Waals surface area contributed by atoms with Crippen LogP contribution in [0.4, 0.5) is 5.69 Å². The third kappa shape index (κ3) is 3.45. The van der Waals surface area contributed by atoms with Crippen molar-refractivity contribution in [1.29, 1.82) is 0 Å². The highest BCUT2D eigenvalue weighted by Gasteiger charge is 1.94. The van der Waals surface area contributed by atoms with Gasteiger partial charge in [0.1, 0.15) is 5.75 Å². The summed E-state index contributed by atoms with van der Waals surface area (Å²) in [5, 5.41) is 0. The molecule has 0 amide bonds. The first-order chi connectivity index (χ1) is 8.78. The van der Waals surface area contributed by atoms with Crippen molar-refractivity contribution in [3.8, 4) is 5.75 Å². The normalized spacial score (nSPS) is 10.8. The summed E-state index contributed by atoms with van der Waals surface area (Å²) in [5.41, 5.74) is 3.25. The lowest BCUT2D eigenvalue weighted by Crippen LogP contribution is -1.91. The van der Waals surface area contributed by atoms with Crippen molar-refractivity contribution in [2.75, 3.05) is 6.61 Å². The molecule has 0 unspecified atom stereocenters. The maximum absolute atomic E-state index is 5.45. The summed E-state index contributed by atoms with van der Waals surface area (Å²) in [6, 6.07) is 16.1. The van der Waals surface area contributed by atoms with Crippen molar-refractivity contribution in [3.63, 3.8) is 0 Å². The number of benzene rings is 2. The van der Waals surface area contributed by atoms with Gasteiger partial charge in [-0.2, -0.15) is 0 Å². The van der Waals surface area contributed by atoms with Crippen LogP contribution >= 0.6 is 0 Å². The highest BCUT2D eigenvalue weighted by molar-refractivity contribution is 5.82. The van der Waals surface area contributed by atoms with Crippen molar-refractivity contribution in [1.82, 2.24) is 0 Å². The van der Waals surface area contributed by atoms with Crippen LogP contribution in [0, 0.1) is 6.92 Å². The van der Waals surface area contributed by atoms with Crippen molar-refractivity contribution in [2.24, 2.45) is 4.99 Å². The molecule has 2 rings (SSSR count). The lowest BCUT2D eigenvalue weighted by Gasteiger charge is -2.02. The quantitative estimate of drug-likeness (QED) is 0.735. The molecule has 2 heteroatoms. The van der Waals surface area contributed by atoms with Gasteiger partial charge in [-0.3, -0.25) is 4.99 Å². The van der Waals surface area contributed by atoms with E-state index in [-0.39, 0.29) is 0 Å². The molecule has 0 fully saturated rings. The van der Waals surface area contributed by atoms with Crippen LogP contribution in [0.25, 0.3) is 0 Å². The highest BCUT2D eigenvalue weighted by Crippen LogP contribution is 2.15. The van der Waals surface area contributed by atoms with E-state index in [0.29, 0.717) is 6.61 Å². The number of rotatable bonds is 4. The zero-order valence-corrected chi connectivity index (χ0v) is 10.8. The summed E-state index contributed by atoms with van der Waals surface area (Å²) in [6.45, 7) is 4.73. The summed E-state index contributed by atoms with van der Waals surface area (Å²) in [7, 11) is 0. The smallest absolute Gasteiger partial charge is 0.119 e. The molecular weight excluding hydrogens is 222 g/mol. The lowest BCUT2D eigenvalue weighted by atomic mass is 10.2. The van der Waals surface area contributed by atoms with Gasteiger partial charge in [-0.05, 0) is 43.7 Å². The van der Waals surface area contributed by atoms with Gasteiger partial charge in [-0.25, -0.2) is 0 Å². The maximum atomic E-state index is 5.45. The third-order valence-corrected chi connectivity index (χ3v) is 2.57. The van der Waals surface area contributed by atoms with Gasteiger partial charge in [0, 0.05) is 6.21 Å². The van der Waals surface area contributed by atoms with E-state index in [1.807, 2.05) is 49.5 Å². The monoisotopic (exact) mass is 239 g/mol. The highest BCUT2D eigenvalue weighted by atomic mass is 16.5. The molecule has 2 aromatic rings. The Labute approximate surface area is 108 Å². The molecule has 0 bridgehead atoms. The molecule has 0 aliphatic heterocycles. The molecule has 0 spiro atoms. The Bertz CT molecular complexity index is 529. The zero-order chi connectivity index (χ0) is 12.8. The van der Waals surface area contributed by atoms with Crippen LogP contribution in [0.1, 0.15) is 18.1 Å². The molecule has 18 heavy (non-hydrogen) atoms. The molecular formula is C16H17NO. The molecule has 0 N–H and O–H groups in total. The van der Waals surface area contributed by atoms with Gasteiger partial charge in [0.25, 0.3) is 0 Å². The minimum atomic E-state index is 0.679. The standard InChI is InChI=1S/C16H17NO/c1-3-18-16-6-4-5-14(11-16)12-17-15-9-7-13(2)8-10-15/h4-12H,3H2,1-2H3. The number of aliphatic imine (C=N–C) groups is 1. The van der Waals surface area contributed by atoms with E-state index in [9.17, 15) is 0 Å². The number of aryl methyl sites for hydroxylation is 1. The van der Waals surface area contributed by atoms with Gasteiger partial charge in [-0.1, -0.05) is 29.8 Å². The summed E-state index contributed by atoms with van der Waals surface area (Å²) >= 11 is 0. The molecule has 2 aromatic carbocycles. The molecule has 0 saturated carbocycles. The first kappa shape index (κ1) is 12.4. The Hall–Kier alpha value is -2.09. The zero-order valence-electron chi connectivity index (χ0n) is 10.8. The Morgan fingerprint density at radius 2 is 1.89 bits per heavy atom. The van der Waals surface area contributed by atoms with E-state index < -0.39 is 0 Å². The van der Waals surface area contributed by atoms with Crippen LogP contribution in [0.15, 0.2) is 53.5 Å². The summed E-state index contributed by atoms with van der Waals surface area (Å²) < 4.78 is 5.45. The molecule has 0 aliphatic rings. The average Bonchev–Trinajstić information content (AvgIpc) is 2.39. The van der Waals surface area contributed by atoms with Crippen LogP contribution in [0.3, 0.4) is 0 Å². The fraction of sp³-hybridized carbons (Fsp3) is 0.188. The number of hydrogen-bond acceptors (Lipinski definition) is 2. The number of ether oxygens (including phenoxy) is 1. The van der Waals surface area contributed by atoms with Gasteiger partial charge < -0.3 is 4.74 Å². The fourth-order valence-corrected chi connectivity index (χ4v) is 1.63. The number of nitrogens with zero attached hydrogens (tertiary/aromatic N) is 1. The predicted molar refractivity (Wildman–Crippen MR) is 76.0 cm³/mol. The Kier molecular flexibility index (Phi) is 4.13. The molecule has 92 valence electrons. The van der Waals surface area contributed by atoms with Crippen molar-refractivity contribution >= 4 is 11.9 Å². The van der Waals surface area contributed by atoms with Gasteiger partial charge in [-0.15, -0.1) is 0 Å². The minimum Gasteiger partial charge on any atom is -0.494 e. The first-order valence-corrected chi connectivity index (χ1v) is 6.11. The molecule has 2 nitrogen and oxygen atoms in total. The van der Waals surface area contributed by atoms with Gasteiger partial charge >= 0.3 is 0 Å². The molecule has 0 heterocycles. The molecule has 0 aliphatic carbocycles. The summed E-state index contributed by atoms with van der Waals surface area (Å²) in [4.78, 5) is 4.44. The molecule has 0 atom stereocenters. The Balaban J connectivity index is 2.13. The summed E-state index contributed by atoms with van der Waals surface area (Å²) in [6.07, 6.45) is 1.85. The van der Waals surface area contributed by atoms with Crippen LogP contribution in [-0.2, 0) is 0 Å². The van der Waals surface area contributed by atoms with Gasteiger partial charge in [0.2, 0.25) is 0 Å². The maximum Gasteiger partial charge on any atom is 0.119 e. The van der Waals surface area contributed by atoms with Crippen LogP contribution in [0.2, 0.25) is 0 Å². The fourth-order valence-electron chi connectivity index (χ4n) is 1.63. The van der Waals surface area contributed by atoms with Crippen molar-refractivity contribution in [3.05, 3.63) is 59.7 Å². The second kappa shape index (κ2) is 6.01. The van der Waals surface area contributed by atoms with E-state index in [1.165, 1.54) is 5.56 Å². The van der Waals surface area contributed by atoms with Crippen molar-refractivity contribution in [2.45, 2.75) is 13.8 Å². The Morgan fingerprint density at radius 1 is 1.11 bits per heavy atom.